The van der Waals surface area contributed by atoms with E-state index >= 15 is 0 Å². The van der Waals surface area contributed by atoms with Crippen molar-refractivity contribution in [2.24, 2.45) is 0 Å². The maximum Gasteiger partial charge on any atom is 0.200 e. The lowest BCUT2D eigenvalue weighted by Crippen LogP contribution is -2.18. The molecule has 0 saturated carbocycles. The Bertz CT molecular complexity index is 817. The maximum absolute atomic E-state index is 4.36. The average Bonchev–Trinajstić information content (AvgIpc) is 3.25. The van der Waals surface area contributed by atoms with Gasteiger partial charge in [-0.25, -0.2) is 0 Å². The van der Waals surface area contributed by atoms with Crippen LogP contribution in [-0.4, -0.2) is 37.8 Å². The molecule has 0 spiro atoms. The first-order valence-electron chi connectivity index (χ1n) is 8.50. The second-order valence-corrected chi connectivity index (χ2v) is 6.45. The van der Waals surface area contributed by atoms with E-state index in [0.717, 1.165) is 30.1 Å². The summed E-state index contributed by atoms with van der Waals surface area (Å²) in [5.74, 6) is 0. The Kier molecular flexibility index (Phi) is 4.13. The third-order valence-corrected chi connectivity index (χ3v) is 4.50. The molecule has 0 aliphatic carbocycles. The number of fused-ring (bicyclic) bond motifs is 1. The summed E-state index contributed by atoms with van der Waals surface area (Å²) in [6.07, 6.45) is 4.30. The molecule has 24 heavy (non-hydrogen) atoms. The van der Waals surface area contributed by atoms with Gasteiger partial charge >= 0.3 is 0 Å². The van der Waals surface area contributed by atoms with E-state index in [4.69, 9.17) is 0 Å². The predicted octanol–water partition coefficient (Wildman–Crippen LogP) is 2.64. The highest BCUT2D eigenvalue weighted by molar-refractivity contribution is 5.66. The number of hydrogen-bond donors (Lipinski definition) is 1. The van der Waals surface area contributed by atoms with Gasteiger partial charge in [-0.05, 0) is 50.0 Å². The standard InChI is InChI=1S/C18H22N6/c1-14-10-17(18-21-20-13-24(18)22-14)19-11-15-4-6-16(7-5-15)12-23-8-2-3-9-23/h4-7,10,13,19H,2-3,8-9,11-12H2,1H3. The number of aromatic nitrogens is 4. The lowest BCUT2D eigenvalue weighted by atomic mass is 10.1. The Balaban J connectivity index is 1.42. The van der Waals surface area contributed by atoms with Crippen molar-refractivity contribution in [3.63, 3.8) is 0 Å². The zero-order valence-corrected chi connectivity index (χ0v) is 13.9. The molecular weight excluding hydrogens is 300 g/mol. The molecule has 0 unspecified atom stereocenters. The molecule has 2 aromatic heterocycles. The number of nitrogens with one attached hydrogen (secondary N) is 1. The van der Waals surface area contributed by atoms with Crippen molar-refractivity contribution in [3.8, 4) is 0 Å². The van der Waals surface area contributed by atoms with E-state index in [2.05, 4.69) is 49.8 Å². The molecule has 0 radical (unpaired) electrons. The summed E-state index contributed by atoms with van der Waals surface area (Å²) in [4.78, 5) is 2.52. The van der Waals surface area contributed by atoms with Gasteiger partial charge in [0.1, 0.15) is 6.33 Å². The first-order chi connectivity index (χ1) is 11.8. The minimum atomic E-state index is 0.756. The van der Waals surface area contributed by atoms with E-state index in [1.807, 2.05) is 13.0 Å². The van der Waals surface area contributed by atoms with Gasteiger partial charge in [0.15, 0.2) is 0 Å². The van der Waals surface area contributed by atoms with E-state index < -0.39 is 0 Å². The van der Waals surface area contributed by atoms with Crippen molar-refractivity contribution in [2.75, 3.05) is 18.4 Å². The van der Waals surface area contributed by atoms with Crippen LogP contribution in [-0.2, 0) is 13.1 Å². The van der Waals surface area contributed by atoms with Gasteiger partial charge < -0.3 is 5.32 Å². The molecular formula is C18H22N6. The Morgan fingerprint density at radius 3 is 2.62 bits per heavy atom. The van der Waals surface area contributed by atoms with Crippen LogP contribution >= 0.6 is 0 Å². The zero-order valence-electron chi connectivity index (χ0n) is 13.9. The SMILES string of the molecule is Cc1cc(NCc2ccc(CN3CCCC3)cc2)c2nncn2n1. The topological polar surface area (TPSA) is 58.3 Å². The van der Waals surface area contributed by atoms with Crippen molar-refractivity contribution < 1.29 is 0 Å². The van der Waals surface area contributed by atoms with E-state index in [0.29, 0.717) is 0 Å². The molecule has 1 aromatic carbocycles. The summed E-state index contributed by atoms with van der Waals surface area (Å²) >= 11 is 0. The molecule has 0 atom stereocenters. The fraction of sp³-hybridized carbons (Fsp3) is 0.389. The van der Waals surface area contributed by atoms with Gasteiger partial charge in [-0.15, -0.1) is 10.2 Å². The van der Waals surface area contributed by atoms with E-state index in [1.54, 1.807) is 10.8 Å². The summed E-state index contributed by atoms with van der Waals surface area (Å²) in [5, 5.41) is 15.9. The lowest BCUT2D eigenvalue weighted by molar-refractivity contribution is 0.331. The summed E-state index contributed by atoms with van der Waals surface area (Å²) < 4.78 is 1.71. The highest BCUT2D eigenvalue weighted by Gasteiger charge is 2.11. The number of nitrogens with zero attached hydrogens (tertiary/aromatic N) is 5. The van der Waals surface area contributed by atoms with Crippen LogP contribution in [0.2, 0.25) is 0 Å². The normalized spacial score (nSPS) is 15.2. The van der Waals surface area contributed by atoms with Crippen molar-refractivity contribution in [2.45, 2.75) is 32.9 Å². The van der Waals surface area contributed by atoms with Crippen LogP contribution < -0.4 is 5.32 Å². The van der Waals surface area contributed by atoms with Gasteiger partial charge in [0.2, 0.25) is 5.65 Å². The summed E-state index contributed by atoms with van der Waals surface area (Å²) in [6, 6.07) is 10.9. The molecule has 4 rings (SSSR count). The van der Waals surface area contributed by atoms with Crippen LogP contribution in [0.3, 0.4) is 0 Å². The number of anilines is 1. The molecule has 124 valence electrons. The summed E-state index contributed by atoms with van der Waals surface area (Å²) in [6.45, 7) is 6.27. The number of aryl methyl sites for hydroxylation is 1. The molecule has 1 saturated heterocycles. The Labute approximate surface area is 141 Å². The molecule has 1 aliphatic heterocycles. The molecule has 0 amide bonds. The largest absolute Gasteiger partial charge is 0.378 e. The van der Waals surface area contributed by atoms with E-state index in [-0.39, 0.29) is 0 Å². The smallest absolute Gasteiger partial charge is 0.200 e. The molecule has 0 bridgehead atoms. The predicted molar refractivity (Wildman–Crippen MR) is 93.8 cm³/mol. The van der Waals surface area contributed by atoms with Gasteiger partial charge in [0, 0.05) is 13.1 Å². The monoisotopic (exact) mass is 322 g/mol. The van der Waals surface area contributed by atoms with Crippen LogP contribution in [0.5, 0.6) is 0 Å². The molecule has 1 N–H and O–H groups in total. The molecule has 3 heterocycles. The van der Waals surface area contributed by atoms with Crippen LogP contribution in [0.25, 0.3) is 5.65 Å². The van der Waals surface area contributed by atoms with Gasteiger partial charge in [0.25, 0.3) is 0 Å². The number of likely N-dealkylation sites (tertiary alicyclic amines) is 1. The maximum atomic E-state index is 4.36. The molecule has 1 aliphatic rings. The first-order valence-corrected chi connectivity index (χ1v) is 8.50. The van der Waals surface area contributed by atoms with Crippen LogP contribution in [0.15, 0.2) is 36.7 Å². The number of rotatable bonds is 5. The Morgan fingerprint density at radius 2 is 1.83 bits per heavy atom. The third kappa shape index (κ3) is 3.23. The summed E-state index contributed by atoms with van der Waals surface area (Å²) in [5.41, 5.74) is 5.30. The van der Waals surface area contributed by atoms with Gasteiger partial charge in [-0.2, -0.15) is 9.61 Å². The molecule has 6 heteroatoms. The highest BCUT2D eigenvalue weighted by Crippen LogP contribution is 2.17. The van der Waals surface area contributed by atoms with Crippen molar-refractivity contribution in [1.82, 2.24) is 24.7 Å². The second-order valence-electron chi connectivity index (χ2n) is 6.45. The first kappa shape index (κ1) is 15.1. The Morgan fingerprint density at radius 1 is 1.08 bits per heavy atom. The fourth-order valence-corrected chi connectivity index (χ4v) is 3.24. The second kappa shape index (κ2) is 6.57. The minimum absolute atomic E-state index is 0.756. The van der Waals surface area contributed by atoms with Crippen molar-refractivity contribution >= 4 is 11.3 Å². The molecule has 6 nitrogen and oxygen atoms in total. The Hall–Kier alpha value is -2.47. The fourth-order valence-electron chi connectivity index (χ4n) is 3.24. The molecule has 1 fully saturated rings. The van der Waals surface area contributed by atoms with Crippen LogP contribution in [0, 0.1) is 6.92 Å². The highest BCUT2D eigenvalue weighted by atomic mass is 15.3. The van der Waals surface area contributed by atoms with Crippen LogP contribution in [0.1, 0.15) is 29.7 Å². The van der Waals surface area contributed by atoms with Crippen LogP contribution in [0.4, 0.5) is 5.69 Å². The van der Waals surface area contributed by atoms with Crippen molar-refractivity contribution in [1.29, 1.82) is 0 Å². The third-order valence-electron chi connectivity index (χ3n) is 4.50. The quantitative estimate of drug-likeness (QED) is 0.782. The number of benzene rings is 1. The number of hydrogen-bond acceptors (Lipinski definition) is 5. The zero-order chi connectivity index (χ0) is 16.4. The van der Waals surface area contributed by atoms with Gasteiger partial charge in [-0.1, -0.05) is 24.3 Å². The molecule has 3 aromatic rings. The van der Waals surface area contributed by atoms with Gasteiger partial charge in [0.05, 0.1) is 11.4 Å². The van der Waals surface area contributed by atoms with Crippen molar-refractivity contribution in [3.05, 3.63) is 53.5 Å². The lowest BCUT2D eigenvalue weighted by Gasteiger charge is -2.15. The summed E-state index contributed by atoms with van der Waals surface area (Å²) in [7, 11) is 0. The minimum Gasteiger partial charge on any atom is -0.378 e. The van der Waals surface area contributed by atoms with E-state index in [9.17, 15) is 0 Å². The average molecular weight is 322 g/mol. The van der Waals surface area contributed by atoms with Gasteiger partial charge in [-0.3, -0.25) is 4.90 Å². The van der Waals surface area contributed by atoms with E-state index in [1.165, 1.54) is 37.1 Å².